The fraction of sp³-hybridized carbons (Fsp3) is 0.261. The summed E-state index contributed by atoms with van der Waals surface area (Å²) in [5.41, 5.74) is 2.10. The number of rotatable bonds is 4. The highest BCUT2D eigenvalue weighted by Gasteiger charge is 2.29. The third-order valence-electron chi connectivity index (χ3n) is 5.53. The fourth-order valence-corrected chi connectivity index (χ4v) is 3.84. The van der Waals surface area contributed by atoms with Gasteiger partial charge in [-0.05, 0) is 31.9 Å². The lowest BCUT2D eigenvalue weighted by atomic mass is 9.88. The predicted octanol–water partition coefficient (Wildman–Crippen LogP) is 4.05. The topological polar surface area (TPSA) is 55.2 Å². The highest BCUT2D eigenvalue weighted by atomic mass is 19.1. The van der Waals surface area contributed by atoms with E-state index in [1.807, 2.05) is 30.3 Å². The number of carbonyl (C=O) groups excluding carboxylic acids is 2. The van der Waals surface area contributed by atoms with Crippen LogP contribution in [0.5, 0.6) is 0 Å². The van der Waals surface area contributed by atoms with Crippen molar-refractivity contribution in [2.75, 3.05) is 13.1 Å². The van der Waals surface area contributed by atoms with Crippen molar-refractivity contribution in [1.29, 1.82) is 0 Å². The van der Waals surface area contributed by atoms with Crippen LogP contribution in [-0.2, 0) is 0 Å². The summed E-state index contributed by atoms with van der Waals surface area (Å²) in [6.07, 6.45) is 2.77. The third kappa shape index (κ3) is 3.70. The van der Waals surface area contributed by atoms with Crippen LogP contribution in [0.15, 0.2) is 60.8 Å². The van der Waals surface area contributed by atoms with Gasteiger partial charge in [-0.25, -0.2) is 9.07 Å². The summed E-state index contributed by atoms with van der Waals surface area (Å²) in [5, 5.41) is 4.22. The van der Waals surface area contributed by atoms with Crippen LogP contribution in [0.4, 0.5) is 4.39 Å². The molecule has 0 aliphatic carbocycles. The Balaban J connectivity index is 1.45. The highest BCUT2D eigenvalue weighted by Crippen LogP contribution is 2.24. The zero-order valence-corrected chi connectivity index (χ0v) is 16.2. The van der Waals surface area contributed by atoms with Crippen LogP contribution in [0, 0.1) is 18.7 Å². The number of amides is 1. The van der Waals surface area contributed by atoms with Crippen molar-refractivity contribution in [2.45, 2.75) is 19.8 Å². The standard InChI is InChI=1S/C23H22FN3O2/c1-16-19(15-25-27(16)21-10-6-5-9-20(21)24)23(29)26-13-11-18(12-14-26)22(28)17-7-3-2-4-8-17/h2-10,15,18H,11-14H2,1H3. The summed E-state index contributed by atoms with van der Waals surface area (Å²) in [7, 11) is 0. The first-order valence-corrected chi connectivity index (χ1v) is 9.74. The van der Waals surface area contributed by atoms with Gasteiger partial charge in [0, 0.05) is 24.6 Å². The Bertz CT molecular complexity index is 1040. The fourth-order valence-electron chi connectivity index (χ4n) is 3.84. The number of nitrogens with zero attached hydrogens (tertiary/aromatic N) is 3. The van der Waals surface area contributed by atoms with Gasteiger partial charge >= 0.3 is 0 Å². The maximum Gasteiger partial charge on any atom is 0.257 e. The molecular formula is C23H22FN3O2. The van der Waals surface area contributed by atoms with Gasteiger partial charge < -0.3 is 4.90 Å². The number of piperidine rings is 1. The van der Waals surface area contributed by atoms with Crippen LogP contribution in [0.2, 0.25) is 0 Å². The average molecular weight is 391 g/mol. The second-order valence-electron chi connectivity index (χ2n) is 7.30. The molecule has 0 saturated carbocycles. The van der Waals surface area contributed by atoms with Crippen LogP contribution >= 0.6 is 0 Å². The molecule has 1 aliphatic rings. The normalized spacial score (nSPS) is 14.8. The summed E-state index contributed by atoms with van der Waals surface area (Å²) < 4.78 is 15.5. The minimum atomic E-state index is -0.391. The number of hydrogen-bond donors (Lipinski definition) is 0. The van der Waals surface area contributed by atoms with Crippen LogP contribution in [-0.4, -0.2) is 39.5 Å². The highest BCUT2D eigenvalue weighted by molar-refractivity contribution is 5.98. The molecule has 5 nitrogen and oxygen atoms in total. The molecule has 4 rings (SSSR count). The van der Waals surface area contributed by atoms with Crippen molar-refractivity contribution in [3.8, 4) is 5.69 Å². The van der Waals surface area contributed by atoms with E-state index in [2.05, 4.69) is 5.10 Å². The minimum absolute atomic E-state index is 0.0660. The predicted molar refractivity (Wildman–Crippen MR) is 108 cm³/mol. The zero-order valence-electron chi connectivity index (χ0n) is 16.2. The Morgan fingerprint density at radius 3 is 2.34 bits per heavy atom. The van der Waals surface area contributed by atoms with E-state index in [1.54, 1.807) is 30.0 Å². The molecule has 3 aromatic rings. The van der Waals surface area contributed by atoms with Crippen molar-refractivity contribution in [1.82, 2.24) is 14.7 Å². The van der Waals surface area contributed by atoms with Crippen molar-refractivity contribution in [3.05, 3.63) is 83.4 Å². The maximum atomic E-state index is 14.1. The Labute approximate surface area is 168 Å². The lowest BCUT2D eigenvalue weighted by Crippen LogP contribution is -2.40. The van der Waals surface area contributed by atoms with Crippen LogP contribution in [0.1, 0.15) is 39.3 Å². The zero-order chi connectivity index (χ0) is 20.4. The van der Waals surface area contributed by atoms with Gasteiger partial charge in [-0.3, -0.25) is 9.59 Å². The molecule has 29 heavy (non-hydrogen) atoms. The molecule has 0 spiro atoms. The second-order valence-corrected chi connectivity index (χ2v) is 7.30. The lowest BCUT2D eigenvalue weighted by Gasteiger charge is -2.31. The number of likely N-dealkylation sites (tertiary alicyclic amines) is 1. The van der Waals surface area contributed by atoms with Crippen LogP contribution in [0.3, 0.4) is 0 Å². The van der Waals surface area contributed by atoms with Gasteiger partial charge in [-0.15, -0.1) is 0 Å². The molecule has 1 saturated heterocycles. The Kier molecular flexibility index (Phi) is 5.25. The summed E-state index contributed by atoms with van der Waals surface area (Å²) in [6, 6.07) is 15.6. The molecule has 1 aromatic heterocycles. The van der Waals surface area contributed by atoms with E-state index < -0.39 is 5.82 Å². The molecule has 2 heterocycles. The number of benzene rings is 2. The molecule has 6 heteroatoms. The first kappa shape index (κ1) is 19.1. The van der Waals surface area contributed by atoms with E-state index in [9.17, 15) is 14.0 Å². The molecule has 1 amide bonds. The minimum Gasteiger partial charge on any atom is -0.338 e. The molecule has 0 bridgehead atoms. The number of Topliss-reactive ketones (excluding diaryl/α,β-unsaturated/α-hetero) is 1. The Hall–Kier alpha value is -3.28. The van der Waals surface area contributed by atoms with E-state index in [-0.39, 0.29) is 17.6 Å². The number of carbonyl (C=O) groups is 2. The van der Waals surface area contributed by atoms with Gasteiger partial charge in [0.1, 0.15) is 11.5 Å². The maximum absolute atomic E-state index is 14.1. The monoisotopic (exact) mass is 391 g/mol. The molecule has 148 valence electrons. The van der Waals surface area contributed by atoms with Gasteiger partial charge in [-0.1, -0.05) is 42.5 Å². The third-order valence-corrected chi connectivity index (χ3v) is 5.53. The number of ketones is 1. The van der Waals surface area contributed by atoms with Gasteiger partial charge in [0.25, 0.3) is 5.91 Å². The van der Waals surface area contributed by atoms with Crippen molar-refractivity contribution >= 4 is 11.7 Å². The summed E-state index contributed by atoms with van der Waals surface area (Å²) in [6.45, 7) is 2.80. The van der Waals surface area contributed by atoms with E-state index in [4.69, 9.17) is 0 Å². The SMILES string of the molecule is Cc1c(C(=O)N2CCC(C(=O)c3ccccc3)CC2)cnn1-c1ccccc1F. The van der Waals surface area contributed by atoms with Crippen molar-refractivity contribution in [3.63, 3.8) is 0 Å². The molecule has 1 aliphatic heterocycles. The molecule has 0 radical (unpaired) electrons. The smallest absolute Gasteiger partial charge is 0.257 e. The lowest BCUT2D eigenvalue weighted by molar-refractivity contribution is 0.0649. The van der Waals surface area contributed by atoms with Gasteiger partial charge in [0.05, 0.1) is 17.5 Å². The van der Waals surface area contributed by atoms with Crippen LogP contribution in [0.25, 0.3) is 5.69 Å². The largest absolute Gasteiger partial charge is 0.338 e. The van der Waals surface area contributed by atoms with Crippen LogP contribution < -0.4 is 0 Å². The average Bonchev–Trinajstić information content (AvgIpc) is 3.15. The summed E-state index contributed by atoms with van der Waals surface area (Å²) >= 11 is 0. The molecule has 2 aromatic carbocycles. The number of para-hydroxylation sites is 1. The molecule has 0 unspecified atom stereocenters. The second kappa shape index (κ2) is 7.99. The van der Waals surface area contributed by atoms with E-state index >= 15 is 0 Å². The van der Waals surface area contributed by atoms with E-state index in [0.717, 1.165) is 5.56 Å². The molecule has 0 atom stereocenters. The van der Waals surface area contributed by atoms with Gasteiger partial charge in [0.2, 0.25) is 0 Å². The number of hydrogen-bond acceptors (Lipinski definition) is 3. The summed E-state index contributed by atoms with van der Waals surface area (Å²) in [4.78, 5) is 27.4. The van der Waals surface area contributed by atoms with Gasteiger partial charge in [-0.2, -0.15) is 5.10 Å². The number of halogens is 1. The Morgan fingerprint density at radius 1 is 1.00 bits per heavy atom. The first-order chi connectivity index (χ1) is 14.1. The first-order valence-electron chi connectivity index (χ1n) is 9.74. The van der Waals surface area contributed by atoms with Crippen molar-refractivity contribution in [2.24, 2.45) is 5.92 Å². The molecular weight excluding hydrogens is 369 g/mol. The van der Waals surface area contributed by atoms with E-state index in [0.29, 0.717) is 42.9 Å². The summed E-state index contributed by atoms with van der Waals surface area (Å²) in [5.74, 6) is -0.446. The molecule has 0 N–H and O–H groups in total. The van der Waals surface area contributed by atoms with Crippen molar-refractivity contribution < 1.29 is 14.0 Å². The van der Waals surface area contributed by atoms with Gasteiger partial charge in [0.15, 0.2) is 5.78 Å². The quantitative estimate of drug-likeness (QED) is 0.631. The van der Waals surface area contributed by atoms with E-state index in [1.165, 1.54) is 16.9 Å². The number of aromatic nitrogens is 2. The molecule has 1 fully saturated rings. The Morgan fingerprint density at radius 2 is 1.66 bits per heavy atom.